The lowest BCUT2D eigenvalue weighted by molar-refractivity contribution is 0.0448. The molecular weight excluding hydrogens is 254 g/mol. The number of pyridine rings is 1. The van der Waals surface area contributed by atoms with Crippen LogP contribution in [0.5, 0.6) is 0 Å². The summed E-state index contributed by atoms with van der Waals surface area (Å²) in [6, 6.07) is 5.12. The average Bonchev–Trinajstić information content (AvgIpc) is 2.49. The van der Waals surface area contributed by atoms with Crippen molar-refractivity contribution in [1.29, 1.82) is 5.26 Å². The summed E-state index contributed by atoms with van der Waals surface area (Å²) in [6.45, 7) is 0.543. The Balaban J connectivity index is 1.98. The van der Waals surface area contributed by atoms with Crippen LogP contribution in [0.3, 0.4) is 0 Å². The lowest BCUT2D eigenvalue weighted by atomic mass is 9.86. The minimum atomic E-state index is -0.312. The highest BCUT2D eigenvalue weighted by Gasteiger charge is 2.26. The Morgan fingerprint density at radius 2 is 2.25 bits per heavy atom. The van der Waals surface area contributed by atoms with Gasteiger partial charge in [0.25, 0.3) is 5.91 Å². The van der Waals surface area contributed by atoms with E-state index in [0.29, 0.717) is 17.8 Å². The molecule has 1 aliphatic rings. The van der Waals surface area contributed by atoms with Gasteiger partial charge in [0.1, 0.15) is 11.8 Å². The Morgan fingerprint density at radius 1 is 1.50 bits per heavy atom. The Hall–Kier alpha value is -1.93. The number of rotatable bonds is 3. The van der Waals surface area contributed by atoms with Crippen molar-refractivity contribution in [2.24, 2.45) is 5.92 Å². The van der Waals surface area contributed by atoms with E-state index < -0.39 is 0 Å². The third-order valence-electron chi connectivity index (χ3n) is 3.84. The second kappa shape index (κ2) is 6.49. The topological polar surface area (TPSA) is 77.2 Å². The molecule has 106 valence electrons. The van der Waals surface area contributed by atoms with Gasteiger partial charge in [0.2, 0.25) is 0 Å². The molecule has 0 aliphatic heterocycles. The summed E-state index contributed by atoms with van der Waals surface area (Å²) in [5.74, 6) is -0.0247. The summed E-state index contributed by atoms with van der Waals surface area (Å²) in [5, 5.41) is 18.7. The standard InChI is InChI=1S/C15H19N3O2/c1-18(10-12-4-2-3-5-14(12)19)15(20)13-7-6-11(8-16)9-17-13/h6-7,9,12,14,19H,2-5,10H2,1H3. The lowest BCUT2D eigenvalue weighted by Gasteiger charge is -2.31. The van der Waals surface area contributed by atoms with Gasteiger partial charge in [0.05, 0.1) is 11.7 Å². The second-order valence-electron chi connectivity index (χ2n) is 5.34. The van der Waals surface area contributed by atoms with Gasteiger partial charge in [-0.2, -0.15) is 5.26 Å². The zero-order valence-corrected chi connectivity index (χ0v) is 11.6. The van der Waals surface area contributed by atoms with E-state index in [9.17, 15) is 9.90 Å². The highest BCUT2D eigenvalue weighted by molar-refractivity contribution is 5.92. The molecule has 1 saturated carbocycles. The van der Waals surface area contributed by atoms with Crippen molar-refractivity contribution in [3.63, 3.8) is 0 Å². The quantitative estimate of drug-likeness (QED) is 0.907. The van der Waals surface area contributed by atoms with Crippen LogP contribution in [0.4, 0.5) is 0 Å². The van der Waals surface area contributed by atoms with Gasteiger partial charge in [0.15, 0.2) is 0 Å². The third kappa shape index (κ3) is 3.34. The number of aliphatic hydroxyl groups is 1. The number of carbonyl (C=O) groups excluding carboxylic acids is 1. The molecule has 1 aromatic rings. The molecule has 2 atom stereocenters. The molecule has 0 bridgehead atoms. The third-order valence-corrected chi connectivity index (χ3v) is 3.84. The smallest absolute Gasteiger partial charge is 0.272 e. The van der Waals surface area contributed by atoms with Crippen LogP contribution in [0, 0.1) is 17.2 Å². The summed E-state index contributed by atoms with van der Waals surface area (Å²) >= 11 is 0. The zero-order valence-electron chi connectivity index (χ0n) is 11.6. The van der Waals surface area contributed by atoms with Crippen LogP contribution in [0.1, 0.15) is 41.7 Å². The normalized spacial score (nSPS) is 22.1. The van der Waals surface area contributed by atoms with E-state index in [1.54, 1.807) is 24.1 Å². The number of aromatic nitrogens is 1. The summed E-state index contributed by atoms with van der Waals surface area (Å²) in [7, 11) is 1.73. The minimum Gasteiger partial charge on any atom is -0.393 e. The first-order chi connectivity index (χ1) is 9.61. The van der Waals surface area contributed by atoms with Gasteiger partial charge < -0.3 is 10.0 Å². The Morgan fingerprint density at radius 3 is 2.85 bits per heavy atom. The maximum atomic E-state index is 12.2. The van der Waals surface area contributed by atoms with E-state index in [1.807, 2.05) is 6.07 Å². The first-order valence-corrected chi connectivity index (χ1v) is 6.91. The monoisotopic (exact) mass is 273 g/mol. The predicted molar refractivity (Wildman–Crippen MR) is 73.9 cm³/mol. The van der Waals surface area contributed by atoms with Crippen molar-refractivity contribution in [3.05, 3.63) is 29.6 Å². The van der Waals surface area contributed by atoms with E-state index in [0.717, 1.165) is 25.7 Å². The predicted octanol–water partition coefficient (Wildman–Crippen LogP) is 1.58. The highest BCUT2D eigenvalue weighted by Crippen LogP contribution is 2.25. The maximum Gasteiger partial charge on any atom is 0.272 e. The van der Waals surface area contributed by atoms with Gasteiger partial charge in [0, 0.05) is 25.7 Å². The molecule has 1 aromatic heterocycles. The van der Waals surface area contributed by atoms with Crippen molar-refractivity contribution in [2.75, 3.05) is 13.6 Å². The first-order valence-electron chi connectivity index (χ1n) is 6.91. The van der Waals surface area contributed by atoms with E-state index >= 15 is 0 Å². The van der Waals surface area contributed by atoms with Crippen LogP contribution in [-0.4, -0.2) is 40.6 Å². The van der Waals surface area contributed by atoms with Crippen LogP contribution in [0.2, 0.25) is 0 Å². The summed E-state index contributed by atoms with van der Waals surface area (Å²) in [4.78, 5) is 17.8. The van der Waals surface area contributed by atoms with Crippen molar-refractivity contribution in [2.45, 2.75) is 31.8 Å². The van der Waals surface area contributed by atoms with E-state index in [4.69, 9.17) is 5.26 Å². The summed E-state index contributed by atoms with van der Waals surface area (Å²) < 4.78 is 0. The van der Waals surface area contributed by atoms with Crippen LogP contribution >= 0.6 is 0 Å². The van der Waals surface area contributed by atoms with Crippen LogP contribution < -0.4 is 0 Å². The number of hydrogen-bond donors (Lipinski definition) is 1. The Labute approximate surface area is 118 Å². The number of carbonyl (C=O) groups is 1. The Bertz CT molecular complexity index is 507. The van der Waals surface area contributed by atoms with E-state index in [1.165, 1.54) is 6.20 Å². The van der Waals surface area contributed by atoms with Crippen LogP contribution in [-0.2, 0) is 0 Å². The number of nitriles is 1. The number of amides is 1. The summed E-state index contributed by atoms with van der Waals surface area (Å²) in [6.07, 6.45) is 5.04. The van der Waals surface area contributed by atoms with Gasteiger partial charge in [-0.15, -0.1) is 0 Å². The molecule has 0 saturated heterocycles. The fourth-order valence-corrected chi connectivity index (χ4v) is 2.62. The fraction of sp³-hybridized carbons (Fsp3) is 0.533. The lowest BCUT2D eigenvalue weighted by Crippen LogP contribution is -2.38. The molecule has 1 fully saturated rings. The van der Waals surface area contributed by atoms with Crippen molar-refractivity contribution in [3.8, 4) is 6.07 Å². The molecule has 20 heavy (non-hydrogen) atoms. The molecule has 0 aromatic carbocycles. The zero-order chi connectivity index (χ0) is 14.5. The molecule has 5 heteroatoms. The molecular formula is C15H19N3O2. The second-order valence-corrected chi connectivity index (χ2v) is 5.34. The van der Waals surface area contributed by atoms with Gasteiger partial charge in [-0.3, -0.25) is 4.79 Å². The van der Waals surface area contributed by atoms with Gasteiger partial charge in [-0.05, 0) is 25.0 Å². The van der Waals surface area contributed by atoms with Crippen molar-refractivity contribution < 1.29 is 9.90 Å². The van der Waals surface area contributed by atoms with Crippen molar-refractivity contribution >= 4 is 5.91 Å². The van der Waals surface area contributed by atoms with Gasteiger partial charge in [-0.1, -0.05) is 12.8 Å². The number of nitrogens with zero attached hydrogens (tertiary/aromatic N) is 3. The highest BCUT2D eigenvalue weighted by atomic mass is 16.3. The largest absolute Gasteiger partial charge is 0.393 e. The van der Waals surface area contributed by atoms with Gasteiger partial charge >= 0.3 is 0 Å². The molecule has 5 nitrogen and oxygen atoms in total. The summed E-state index contributed by atoms with van der Waals surface area (Å²) in [5.41, 5.74) is 0.767. The SMILES string of the molecule is CN(CC1CCCCC1O)C(=O)c1ccc(C#N)cn1. The number of hydrogen-bond acceptors (Lipinski definition) is 4. The molecule has 1 aliphatic carbocycles. The molecule has 2 unspecified atom stereocenters. The van der Waals surface area contributed by atoms with Crippen LogP contribution in [0.25, 0.3) is 0 Å². The van der Waals surface area contributed by atoms with E-state index in [-0.39, 0.29) is 17.9 Å². The molecule has 1 N–H and O–H groups in total. The number of aliphatic hydroxyl groups excluding tert-OH is 1. The average molecular weight is 273 g/mol. The fourth-order valence-electron chi connectivity index (χ4n) is 2.62. The molecule has 1 amide bonds. The maximum absolute atomic E-state index is 12.2. The Kier molecular flexibility index (Phi) is 4.70. The minimum absolute atomic E-state index is 0.149. The molecule has 0 radical (unpaired) electrons. The molecule has 1 heterocycles. The molecule has 0 spiro atoms. The van der Waals surface area contributed by atoms with Crippen LogP contribution in [0.15, 0.2) is 18.3 Å². The van der Waals surface area contributed by atoms with E-state index in [2.05, 4.69) is 4.98 Å². The van der Waals surface area contributed by atoms with Gasteiger partial charge in [-0.25, -0.2) is 4.98 Å². The van der Waals surface area contributed by atoms with Crippen molar-refractivity contribution in [1.82, 2.24) is 9.88 Å². The molecule has 2 rings (SSSR count). The first kappa shape index (κ1) is 14.5.